The summed E-state index contributed by atoms with van der Waals surface area (Å²) in [5, 5.41) is 3.10. The molecule has 0 atom stereocenters. The number of furan rings is 1. The van der Waals surface area contributed by atoms with Crippen LogP contribution in [0.4, 0.5) is 5.13 Å². The SMILES string of the molecule is CCOC(=O)Cc1sc(NC(=O)c2ccc(Br)o2)nc1-c1ccccc1. The summed E-state index contributed by atoms with van der Waals surface area (Å²) in [5.41, 5.74) is 1.52. The molecule has 0 aliphatic carbocycles. The molecule has 0 unspecified atom stereocenters. The van der Waals surface area contributed by atoms with Gasteiger partial charge in [0, 0.05) is 10.4 Å². The van der Waals surface area contributed by atoms with E-state index in [-0.39, 0.29) is 18.2 Å². The summed E-state index contributed by atoms with van der Waals surface area (Å²) in [6.07, 6.45) is 0.0951. The zero-order valence-corrected chi connectivity index (χ0v) is 16.2. The molecular formula is C18H15BrN2O4S. The van der Waals surface area contributed by atoms with E-state index in [0.29, 0.717) is 22.1 Å². The van der Waals surface area contributed by atoms with E-state index in [1.165, 1.54) is 11.3 Å². The minimum atomic E-state index is -0.410. The molecule has 0 bridgehead atoms. The van der Waals surface area contributed by atoms with Crippen molar-refractivity contribution in [2.75, 3.05) is 11.9 Å². The van der Waals surface area contributed by atoms with Crippen LogP contribution >= 0.6 is 27.3 Å². The number of nitrogens with one attached hydrogen (secondary N) is 1. The zero-order chi connectivity index (χ0) is 18.5. The molecule has 1 amide bonds. The number of rotatable bonds is 6. The first kappa shape index (κ1) is 18.3. The number of esters is 1. The predicted octanol–water partition coefficient (Wildman–Crippen LogP) is 4.52. The standard InChI is InChI=1S/C18H15BrN2O4S/c1-2-24-15(22)10-13-16(11-6-4-3-5-7-11)20-18(26-13)21-17(23)12-8-9-14(19)25-12/h3-9H,2,10H2,1H3,(H,20,21,23). The van der Waals surface area contributed by atoms with Crippen LogP contribution in [-0.2, 0) is 16.0 Å². The minimum Gasteiger partial charge on any atom is -0.466 e. The van der Waals surface area contributed by atoms with E-state index in [0.717, 1.165) is 10.4 Å². The van der Waals surface area contributed by atoms with Gasteiger partial charge in [-0.15, -0.1) is 11.3 Å². The van der Waals surface area contributed by atoms with E-state index in [4.69, 9.17) is 9.15 Å². The van der Waals surface area contributed by atoms with Gasteiger partial charge in [0.1, 0.15) is 0 Å². The molecule has 8 heteroatoms. The maximum atomic E-state index is 12.3. The molecule has 1 N–H and O–H groups in total. The van der Waals surface area contributed by atoms with Gasteiger partial charge < -0.3 is 9.15 Å². The van der Waals surface area contributed by atoms with Gasteiger partial charge in [-0.25, -0.2) is 4.98 Å². The fraction of sp³-hybridized carbons (Fsp3) is 0.167. The van der Waals surface area contributed by atoms with E-state index >= 15 is 0 Å². The summed E-state index contributed by atoms with van der Waals surface area (Å²) in [5.74, 6) is -0.576. The molecule has 0 saturated heterocycles. The van der Waals surface area contributed by atoms with E-state index in [1.54, 1.807) is 19.1 Å². The largest absolute Gasteiger partial charge is 0.466 e. The highest BCUT2D eigenvalue weighted by Crippen LogP contribution is 2.32. The lowest BCUT2D eigenvalue weighted by Crippen LogP contribution is -2.10. The molecule has 1 aromatic carbocycles. The van der Waals surface area contributed by atoms with Crippen molar-refractivity contribution in [2.24, 2.45) is 0 Å². The van der Waals surface area contributed by atoms with Crippen molar-refractivity contribution in [3.8, 4) is 11.3 Å². The molecule has 0 radical (unpaired) electrons. The number of nitrogens with zero attached hydrogens (tertiary/aromatic N) is 1. The second kappa shape index (κ2) is 8.29. The van der Waals surface area contributed by atoms with Crippen molar-refractivity contribution < 1.29 is 18.7 Å². The van der Waals surface area contributed by atoms with Gasteiger partial charge >= 0.3 is 5.97 Å². The molecular weight excluding hydrogens is 420 g/mol. The first-order chi connectivity index (χ1) is 12.6. The van der Waals surface area contributed by atoms with Crippen LogP contribution in [0.15, 0.2) is 51.6 Å². The highest BCUT2D eigenvalue weighted by atomic mass is 79.9. The van der Waals surface area contributed by atoms with Crippen LogP contribution in [0.2, 0.25) is 0 Å². The van der Waals surface area contributed by atoms with Crippen molar-refractivity contribution in [1.82, 2.24) is 4.98 Å². The quantitative estimate of drug-likeness (QED) is 0.576. The molecule has 0 spiro atoms. The van der Waals surface area contributed by atoms with Gasteiger partial charge in [0.05, 0.1) is 18.7 Å². The van der Waals surface area contributed by atoms with E-state index < -0.39 is 5.91 Å². The van der Waals surface area contributed by atoms with Crippen molar-refractivity contribution in [1.29, 1.82) is 0 Å². The highest BCUT2D eigenvalue weighted by Gasteiger charge is 2.19. The van der Waals surface area contributed by atoms with Crippen LogP contribution in [0.3, 0.4) is 0 Å². The maximum absolute atomic E-state index is 12.3. The van der Waals surface area contributed by atoms with Crippen LogP contribution in [0.25, 0.3) is 11.3 Å². The minimum absolute atomic E-state index is 0.0951. The summed E-state index contributed by atoms with van der Waals surface area (Å²) < 4.78 is 10.7. The van der Waals surface area contributed by atoms with Crippen LogP contribution in [0, 0.1) is 0 Å². The van der Waals surface area contributed by atoms with Crippen molar-refractivity contribution in [3.05, 3.63) is 57.8 Å². The van der Waals surface area contributed by atoms with Gasteiger partial charge in [-0.05, 0) is 35.0 Å². The van der Waals surface area contributed by atoms with E-state index in [2.05, 4.69) is 26.2 Å². The van der Waals surface area contributed by atoms with Gasteiger partial charge in [-0.2, -0.15) is 0 Å². The summed E-state index contributed by atoms with van der Waals surface area (Å²) in [4.78, 5) is 29.4. The van der Waals surface area contributed by atoms with E-state index in [9.17, 15) is 9.59 Å². The Bertz CT molecular complexity index is 920. The molecule has 6 nitrogen and oxygen atoms in total. The second-order valence-corrected chi connectivity index (χ2v) is 7.06. The van der Waals surface area contributed by atoms with Gasteiger partial charge in [0.25, 0.3) is 5.91 Å². The monoisotopic (exact) mass is 434 g/mol. The number of amides is 1. The summed E-state index contributed by atoms with van der Waals surface area (Å²) >= 11 is 4.40. The third kappa shape index (κ3) is 4.39. The lowest BCUT2D eigenvalue weighted by atomic mass is 10.1. The second-order valence-electron chi connectivity index (χ2n) is 5.20. The van der Waals surface area contributed by atoms with Gasteiger partial charge in [-0.1, -0.05) is 30.3 Å². The smallest absolute Gasteiger partial charge is 0.311 e. The third-order valence-corrected chi connectivity index (χ3v) is 4.77. The lowest BCUT2D eigenvalue weighted by Gasteiger charge is -2.02. The number of anilines is 1. The Hall–Kier alpha value is -2.45. The van der Waals surface area contributed by atoms with E-state index in [1.807, 2.05) is 30.3 Å². The molecule has 2 heterocycles. The summed E-state index contributed by atoms with van der Waals surface area (Å²) in [6, 6.07) is 12.7. The Balaban J connectivity index is 1.88. The fourth-order valence-electron chi connectivity index (χ4n) is 2.28. The lowest BCUT2D eigenvalue weighted by molar-refractivity contribution is -0.142. The number of carbonyl (C=O) groups is 2. The first-order valence-corrected chi connectivity index (χ1v) is 9.45. The highest BCUT2D eigenvalue weighted by molar-refractivity contribution is 9.10. The van der Waals surface area contributed by atoms with Crippen LogP contribution in [-0.4, -0.2) is 23.5 Å². The van der Waals surface area contributed by atoms with Gasteiger partial charge in [0.15, 0.2) is 15.6 Å². The topological polar surface area (TPSA) is 81.4 Å². The number of aromatic nitrogens is 1. The Labute approximate surface area is 162 Å². The van der Waals surface area contributed by atoms with Crippen molar-refractivity contribution in [2.45, 2.75) is 13.3 Å². The Morgan fingerprint density at radius 1 is 1.23 bits per heavy atom. The average molecular weight is 435 g/mol. The first-order valence-electron chi connectivity index (χ1n) is 7.84. The van der Waals surface area contributed by atoms with Crippen LogP contribution in [0.5, 0.6) is 0 Å². The van der Waals surface area contributed by atoms with Gasteiger partial charge in [0.2, 0.25) is 0 Å². The number of hydrogen-bond donors (Lipinski definition) is 1. The Morgan fingerprint density at radius 3 is 2.65 bits per heavy atom. The number of benzene rings is 1. The normalized spacial score (nSPS) is 10.5. The number of ether oxygens (including phenoxy) is 1. The molecule has 3 rings (SSSR count). The Kier molecular flexibility index (Phi) is 5.85. The zero-order valence-electron chi connectivity index (χ0n) is 13.8. The molecule has 134 valence electrons. The van der Waals surface area contributed by atoms with Gasteiger partial charge in [-0.3, -0.25) is 14.9 Å². The number of hydrogen-bond acceptors (Lipinski definition) is 6. The maximum Gasteiger partial charge on any atom is 0.311 e. The molecule has 26 heavy (non-hydrogen) atoms. The predicted molar refractivity (Wildman–Crippen MR) is 102 cm³/mol. The number of thiazole rings is 1. The molecule has 0 aliphatic heterocycles. The molecule has 0 saturated carbocycles. The molecule has 0 fully saturated rings. The Morgan fingerprint density at radius 2 is 2.00 bits per heavy atom. The van der Waals surface area contributed by atoms with Crippen LogP contribution in [0.1, 0.15) is 22.4 Å². The number of carbonyl (C=O) groups excluding carboxylic acids is 2. The number of halogens is 1. The molecule has 2 aromatic heterocycles. The average Bonchev–Trinajstić information content (AvgIpc) is 3.22. The summed E-state index contributed by atoms with van der Waals surface area (Å²) in [6.45, 7) is 2.07. The molecule has 0 aliphatic rings. The van der Waals surface area contributed by atoms with Crippen molar-refractivity contribution >= 4 is 44.3 Å². The van der Waals surface area contributed by atoms with Crippen LogP contribution < -0.4 is 5.32 Å². The third-order valence-electron chi connectivity index (χ3n) is 3.37. The molecule has 3 aromatic rings. The summed E-state index contributed by atoms with van der Waals surface area (Å²) in [7, 11) is 0. The van der Waals surface area contributed by atoms with Crippen molar-refractivity contribution in [3.63, 3.8) is 0 Å². The fourth-order valence-corrected chi connectivity index (χ4v) is 3.56.